The van der Waals surface area contributed by atoms with Crippen LogP contribution in [0.15, 0.2) is 94.4 Å². The number of methoxy groups -OCH3 is 1. The van der Waals surface area contributed by atoms with Crippen LogP contribution < -0.4 is 0 Å². The molecule has 1 unspecified atom stereocenters. The number of rotatable bonds is 6. The number of ether oxygens (including phenoxy) is 1. The van der Waals surface area contributed by atoms with Crippen molar-refractivity contribution in [3.05, 3.63) is 112 Å². The van der Waals surface area contributed by atoms with Crippen molar-refractivity contribution in [3.63, 3.8) is 0 Å². The molecule has 0 saturated carbocycles. The highest BCUT2D eigenvalue weighted by Crippen LogP contribution is 2.43. The van der Waals surface area contributed by atoms with Crippen molar-refractivity contribution in [2.45, 2.75) is 24.4 Å². The van der Waals surface area contributed by atoms with Crippen LogP contribution in [0.2, 0.25) is 0 Å². The molecule has 3 aromatic rings. The summed E-state index contributed by atoms with van der Waals surface area (Å²) in [7, 11) is -2.94. The lowest BCUT2D eigenvalue weighted by molar-refractivity contribution is -0.130. The molecule has 0 bridgehead atoms. The highest BCUT2D eigenvalue weighted by atomic mass is 32.2. The van der Waals surface area contributed by atoms with Crippen LogP contribution >= 0.6 is 0 Å². The SMILES string of the molecule is COC(=O)c1ccc(C2C(S(=O)(=O)c3ccccc3)=C(O)C(=O)N2Cc2ccc(C)cc2)cc1. The van der Waals surface area contributed by atoms with E-state index in [-0.39, 0.29) is 21.9 Å². The Hall–Kier alpha value is -3.91. The number of nitrogens with zero attached hydrogens (tertiary/aromatic N) is 1. The number of sulfone groups is 1. The maximum atomic E-state index is 13.6. The molecule has 1 heterocycles. The first-order chi connectivity index (χ1) is 16.2. The van der Waals surface area contributed by atoms with Crippen LogP contribution in [0.3, 0.4) is 0 Å². The van der Waals surface area contributed by atoms with Crippen molar-refractivity contribution in [3.8, 4) is 0 Å². The summed E-state index contributed by atoms with van der Waals surface area (Å²) in [5, 5.41) is 10.8. The number of esters is 1. The van der Waals surface area contributed by atoms with Crippen molar-refractivity contribution in [2.24, 2.45) is 0 Å². The molecule has 3 aromatic carbocycles. The third-order valence-corrected chi connectivity index (χ3v) is 7.61. The molecule has 8 heteroatoms. The first kappa shape index (κ1) is 23.3. The Kier molecular flexibility index (Phi) is 6.26. The molecule has 1 atom stereocenters. The second-order valence-corrected chi connectivity index (χ2v) is 9.88. The number of aliphatic hydroxyl groups is 1. The van der Waals surface area contributed by atoms with Gasteiger partial charge in [0, 0.05) is 6.54 Å². The van der Waals surface area contributed by atoms with Gasteiger partial charge in [-0.2, -0.15) is 0 Å². The van der Waals surface area contributed by atoms with Gasteiger partial charge in [-0.05, 0) is 42.3 Å². The molecule has 1 aliphatic heterocycles. The third kappa shape index (κ3) is 4.20. The minimum atomic E-state index is -4.21. The second-order valence-electron chi connectivity index (χ2n) is 7.96. The Bertz CT molecular complexity index is 1360. The molecule has 0 radical (unpaired) electrons. The number of hydrogen-bond donors (Lipinski definition) is 1. The van der Waals surface area contributed by atoms with Crippen LogP contribution in [-0.2, 0) is 25.9 Å². The summed E-state index contributed by atoms with van der Waals surface area (Å²) in [5.41, 5.74) is 2.54. The number of carbonyl (C=O) groups is 2. The number of amides is 1. The highest BCUT2D eigenvalue weighted by molar-refractivity contribution is 7.95. The first-order valence-electron chi connectivity index (χ1n) is 10.5. The largest absolute Gasteiger partial charge is 0.502 e. The van der Waals surface area contributed by atoms with Gasteiger partial charge in [0.1, 0.15) is 4.91 Å². The van der Waals surface area contributed by atoms with E-state index in [1.54, 1.807) is 30.3 Å². The van der Waals surface area contributed by atoms with Crippen LogP contribution in [0.1, 0.15) is 33.1 Å². The number of aliphatic hydroxyl groups excluding tert-OH is 1. The van der Waals surface area contributed by atoms with Crippen LogP contribution in [0.5, 0.6) is 0 Å². The molecule has 7 nitrogen and oxygen atoms in total. The fourth-order valence-corrected chi connectivity index (χ4v) is 5.60. The van der Waals surface area contributed by atoms with E-state index in [9.17, 15) is 23.1 Å². The zero-order chi connectivity index (χ0) is 24.5. The van der Waals surface area contributed by atoms with Gasteiger partial charge in [0.05, 0.1) is 23.6 Å². The molecule has 0 aromatic heterocycles. The van der Waals surface area contributed by atoms with E-state index in [0.29, 0.717) is 5.56 Å². The standard InChI is InChI=1S/C26H23NO6S/c1-17-8-10-18(11-9-17)16-27-22(19-12-14-20(15-13-19)26(30)33-2)24(23(28)25(27)29)34(31,32)21-6-4-3-5-7-21/h3-15,22,28H,16H2,1-2H3. The quantitative estimate of drug-likeness (QED) is 0.536. The third-order valence-electron chi connectivity index (χ3n) is 5.72. The molecule has 0 aliphatic carbocycles. The summed E-state index contributed by atoms with van der Waals surface area (Å²) >= 11 is 0. The van der Waals surface area contributed by atoms with E-state index in [1.165, 1.54) is 36.3 Å². The molecule has 1 aliphatic rings. The molecule has 34 heavy (non-hydrogen) atoms. The van der Waals surface area contributed by atoms with Gasteiger partial charge in [0.2, 0.25) is 9.84 Å². The Morgan fingerprint density at radius 3 is 2.18 bits per heavy atom. The summed E-state index contributed by atoms with van der Waals surface area (Å²) in [6.45, 7) is 2.02. The maximum absolute atomic E-state index is 13.6. The Morgan fingerprint density at radius 2 is 1.59 bits per heavy atom. The molecular weight excluding hydrogens is 454 g/mol. The van der Waals surface area contributed by atoms with E-state index in [1.807, 2.05) is 31.2 Å². The molecule has 0 spiro atoms. The average molecular weight is 478 g/mol. The lowest BCUT2D eigenvalue weighted by atomic mass is 10.0. The van der Waals surface area contributed by atoms with Crippen LogP contribution in [0, 0.1) is 6.92 Å². The highest BCUT2D eigenvalue weighted by Gasteiger charge is 2.46. The number of aryl methyl sites for hydroxylation is 1. The molecule has 0 saturated heterocycles. The normalized spacial score (nSPS) is 16.1. The lowest BCUT2D eigenvalue weighted by Gasteiger charge is -2.27. The van der Waals surface area contributed by atoms with Gasteiger partial charge in [0.25, 0.3) is 5.91 Å². The molecule has 4 rings (SSSR count). The van der Waals surface area contributed by atoms with E-state index in [0.717, 1.165) is 11.1 Å². The van der Waals surface area contributed by atoms with Gasteiger partial charge in [-0.3, -0.25) is 4.79 Å². The van der Waals surface area contributed by atoms with Crippen molar-refractivity contribution in [1.29, 1.82) is 0 Å². The van der Waals surface area contributed by atoms with Crippen molar-refractivity contribution >= 4 is 21.7 Å². The summed E-state index contributed by atoms with van der Waals surface area (Å²) in [6.07, 6.45) is 0. The van der Waals surface area contributed by atoms with Crippen LogP contribution in [0.4, 0.5) is 0 Å². The summed E-state index contributed by atoms with van der Waals surface area (Å²) in [4.78, 5) is 25.9. The van der Waals surface area contributed by atoms with Gasteiger partial charge >= 0.3 is 5.97 Å². The number of carbonyl (C=O) groups excluding carboxylic acids is 2. The van der Waals surface area contributed by atoms with E-state index >= 15 is 0 Å². The maximum Gasteiger partial charge on any atom is 0.337 e. The second kappa shape index (κ2) is 9.15. The molecule has 0 fully saturated rings. The number of benzene rings is 3. The molecule has 1 N–H and O–H groups in total. The van der Waals surface area contributed by atoms with Gasteiger partial charge in [0.15, 0.2) is 5.76 Å². The first-order valence-corrected chi connectivity index (χ1v) is 12.0. The van der Waals surface area contributed by atoms with E-state index in [4.69, 9.17) is 4.74 Å². The molecule has 174 valence electrons. The van der Waals surface area contributed by atoms with Crippen LogP contribution in [0.25, 0.3) is 0 Å². The predicted molar refractivity (Wildman–Crippen MR) is 126 cm³/mol. The Morgan fingerprint density at radius 1 is 0.971 bits per heavy atom. The zero-order valence-electron chi connectivity index (χ0n) is 18.6. The van der Waals surface area contributed by atoms with Gasteiger partial charge in [-0.25, -0.2) is 13.2 Å². The lowest BCUT2D eigenvalue weighted by Crippen LogP contribution is -2.30. The fraction of sp³-hybridized carbons (Fsp3) is 0.154. The van der Waals surface area contributed by atoms with Crippen molar-refractivity contribution in [2.75, 3.05) is 7.11 Å². The van der Waals surface area contributed by atoms with Crippen molar-refractivity contribution in [1.82, 2.24) is 4.90 Å². The smallest absolute Gasteiger partial charge is 0.337 e. The van der Waals surface area contributed by atoms with Gasteiger partial charge < -0.3 is 14.7 Å². The summed E-state index contributed by atoms with van der Waals surface area (Å²) in [5.74, 6) is -2.13. The summed E-state index contributed by atoms with van der Waals surface area (Å²) < 4.78 is 31.9. The van der Waals surface area contributed by atoms with Gasteiger partial charge in [-0.1, -0.05) is 60.2 Å². The van der Waals surface area contributed by atoms with Crippen LogP contribution in [-0.4, -0.2) is 37.4 Å². The van der Waals surface area contributed by atoms with Gasteiger partial charge in [-0.15, -0.1) is 0 Å². The zero-order valence-corrected chi connectivity index (χ0v) is 19.5. The topological polar surface area (TPSA) is 101 Å². The fourth-order valence-electron chi connectivity index (χ4n) is 3.93. The Balaban J connectivity index is 1.84. The monoisotopic (exact) mass is 477 g/mol. The van der Waals surface area contributed by atoms with E-state index < -0.39 is 33.5 Å². The molecular formula is C26H23NO6S. The van der Waals surface area contributed by atoms with E-state index in [2.05, 4.69) is 0 Å². The van der Waals surface area contributed by atoms with Crippen molar-refractivity contribution < 1.29 is 27.9 Å². The minimum absolute atomic E-state index is 0.0299. The number of hydrogen-bond acceptors (Lipinski definition) is 6. The predicted octanol–water partition coefficient (Wildman–Crippen LogP) is 4.11. The molecule has 1 amide bonds. The average Bonchev–Trinajstić information content (AvgIpc) is 3.11. The Labute approximate surface area is 197 Å². The minimum Gasteiger partial charge on any atom is -0.502 e. The summed E-state index contributed by atoms with van der Waals surface area (Å²) in [6, 6.07) is 20.2.